The molecule has 2 radical (unpaired) electrons. The van der Waals surface area contributed by atoms with Crippen molar-refractivity contribution < 1.29 is 40.3 Å². The zero-order valence-electron chi connectivity index (χ0n) is 20.3. The molecule has 0 atom stereocenters. The van der Waals surface area contributed by atoms with Crippen LogP contribution in [0.2, 0.25) is 0 Å². The van der Waals surface area contributed by atoms with Crippen molar-refractivity contribution in [3.63, 3.8) is 0 Å². The number of hydrogen-bond acceptors (Lipinski definition) is 9. The fourth-order valence-electron chi connectivity index (χ4n) is 3.88. The number of benzene rings is 3. The van der Waals surface area contributed by atoms with Crippen molar-refractivity contribution in [3.8, 4) is 0 Å². The van der Waals surface area contributed by atoms with Crippen LogP contribution in [-0.2, 0) is 25.0 Å². The molecule has 0 unspecified atom stereocenters. The molecule has 1 amide bonds. The zero-order chi connectivity index (χ0) is 26.6. The van der Waals surface area contributed by atoms with Crippen molar-refractivity contribution in [2.24, 2.45) is 0 Å². The molecule has 6 N–H and O–H groups in total. The third kappa shape index (κ3) is 6.04. The van der Waals surface area contributed by atoms with E-state index in [2.05, 4.69) is 10.6 Å². The minimum absolute atomic E-state index is 0. The summed E-state index contributed by atoms with van der Waals surface area (Å²) in [5, 5.41) is 5.31. The van der Waals surface area contributed by atoms with Gasteiger partial charge in [0.2, 0.25) is 5.91 Å². The van der Waals surface area contributed by atoms with Gasteiger partial charge in [-0.05, 0) is 36.4 Å². The Kier molecular flexibility index (Phi) is 9.76. The molecule has 0 fully saturated rings. The molecule has 38 heavy (non-hydrogen) atoms. The summed E-state index contributed by atoms with van der Waals surface area (Å²) < 4.78 is 67.2. The molecule has 188 valence electrons. The predicted molar refractivity (Wildman–Crippen MR) is 139 cm³/mol. The van der Waals surface area contributed by atoms with Crippen LogP contribution in [0.15, 0.2) is 58.3 Å². The third-order valence-electron chi connectivity index (χ3n) is 5.32. The van der Waals surface area contributed by atoms with Gasteiger partial charge in [-0.15, -0.1) is 0 Å². The van der Waals surface area contributed by atoms with E-state index >= 15 is 0 Å². The largest absolute Gasteiger partial charge is 0.397 e. The Bertz CT molecular complexity index is 1710. The molecule has 0 heterocycles. The first kappa shape index (κ1) is 32.1. The van der Waals surface area contributed by atoms with Gasteiger partial charge in [-0.3, -0.25) is 23.5 Å². The van der Waals surface area contributed by atoms with Crippen LogP contribution >= 0.6 is 0 Å². The minimum Gasteiger partial charge on any atom is -0.397 e. The first-order chi connectivity index (χ1) is 16.7. The summed E-state index contributed by atoms with van der Waals surface area (Å²) in [4.78, 5) is 36.4. The second kappa shape index (κ2) is 11.6. The predicted octanol–water partition coefficient (Wildman–Crippen LogP) is 1.48. The Labute approximate surface area is 261 Å². The first-order valence-electron chi connectivity index (χ1n) is 9.98. The number of carbonyl (C=O) groups excluding carboxylic acids is 3. The number of nitrogens with one attached hydrogen (secondary N) is 2. The molecule has 12 nitrogen and oxygen atoms in total. The van der Waals surface area contributed by atoms with E-state index in [9.17, 15) is 40.3 Å². The number of nitrogens with two attached hydrogens (primary N) is 1. The molecule has 0 spiro atoms. The number of carbonyl (C=O) groups is 3. The Morgan fingerprint density at radius 1 is 0.789 bits per heavy atom. The summed E-state index contributed by atoms with van der Waals surface area (Å²) in [5.41, 5.74) is 3.56. The molecule has 0 saturated carbocycles. The van der Waals surface area contributed by atoms with Crippen LogP contribution in [0.4, 0.5) is 22.7 Å². The van der Waals surface area contributed by atoms with Crippen LogP contribution in [-0.4, -0.2) is 103 Å². The van der Waals surface area contributed by atoms with Crippen LogP contribution < -0.4 is 16.4 Å². The number of hydrogen-bond donors (Lipinski definition) is 5. The quantitative estimate of drug-likeness (QED) is 0.130. The minimum atomic E-state index is -4.96. The molecule has 0 aromatic heterocycles. The van der Waals surface area contributed by atoms with Gasteiger partial charge in [0, 0.05) is 83.0 Å². The smallest absolute Gasteiger partial charge is 0.296 e. The Balaban J connectivity index is 0.00000253. The molecule has 1 aliphatic rings. The van der Waals surface area contributed by atoms with Gasteiger partial charge in [-0.1, -0.05) is 12.1 Å². The van der Waals surface area contributed by atoms with Crippen LogP contribution in [0.25, 0.3) is 0 Å². The molecule has 3 aromatic rings. The Morgan fingerprint density at radius 2 is 1.34 bits per heavy atom. The Morgan fingerprint density at radius 3 is 1.87 bits per heavy atom. The van der Waals surface area contributed by atoms with E-state index in [1.807, 2.05) is 0 Å². The van der Waals surface area contributed by atoms with Gasteiger partial charge in [0.05, 0.1) is 28.1 Å². The second-order valence-corrected chi connectivity index (χ2v) is 10.5. The molecule has 0 bridgehead atoms. The van der Waals surface area contributed by atoms with Gasteiger partial charge in [0.15, 0.2) is 11.6 Å². The van der Waals surface area contributed by atoms with E-state index in [1.54, 1.807) is 0 Å². The van der Waals surface area contributed by atoms with Crippen molar-refractivity contribution in [1.82, 2.24) is 0 Å². The van der Waals surface area contributed by atoms with E-state index < -0.39 is 69.5 Å². The Hall–Kier alpha value is -2.11. The first-order valence-corrected chi connectivity index (χ1v) is 12.9. The standard InChI is InChI=1S/C22H17N3O9S2.2Na/c1-10(26)24-11-5-7-12(8-6-11)25-14-9-16(36(32,33)34)20(23)19-18(14)22(28)17-13(21(19)27)3-2-4-15(17)35(29,30)31;;/h2-9,25H,23H2,1H3,(H,24,26)(H,29,30,31)(H,32,33,34);;. The van der Waals surface area contributed by atoms with E-state index in [4.69, 9.17) is 5.73 Å². The van der Waals surface area contributed by atoms with Gasteiger partial charge in [0.1, 0.15) is 9.79 Å². The summed E-state index contributed by atoms with van der Waals surface area (Å²) in [5.74, 6) is -2.34. The maximum Gasteiger partial charge on any atom is 0.296 e. The SMILES string of the molecule is CC(=O)Nc1ccc(Nc2cc(S(=O)(=O)O)c(N)c3c2C(=O)c2c(cccc2S(=O)(=O)O)C3=O)cc1.[Na].[Na]. The van der Waals surface area contributed by atoms with E-state index in [0.29, 0.717) is 5.69 Å². The van der Waals surface area contributed by atoms with E-state index in [-0.39, 0.29) is 76.4 Å². The van der Waals surface area contributed by atoms with Gasteiger partial charge in [-0.2, -0.15) is 16.8 Å². The monoisotopic (exact) mass is 577 g/mol. The van der Waals surface area contributed by atoms with Crippen LogP contribution in [0, 0.1) is 0 Å². The van der Waals surface area contributed by atoms with Crippen molar-refractivity contribution in [2.45, 2.75) is 16.7 Å². The number of amides is 1. The molecule has 0 saturated heterocycles. The number of fused-ring (bicyclic) bond motifs is 2. The van der Waals surface area contributed by atoms with Gasteiger partial charge in [0.25, 0.3) is 20.2 Å². The maximum absolute atomic E-state index is 13.5. The van der Waals surface area contributed by atoms with Gasteiger partial charge >= 0.3 is 0 Å². The summed E-state index contributed by atoms with van der Waals surface area (Å²) in [6.07, 6.45) is 0. The van der Waals surface area contributed by atoms with Gasteiger partial charge in [-0.25, -0.2) is 0 Å². The topological polar surface area (TPSA) is 210 Å². The zero-order valence-corrected chi connectivity index (χ0v) is 25.9. The van der Waals surface area contributed by atoms with Crippen molar-refractivity contribution in [2.75, 3.05) is 16.4 Å². The fraction of sp³-hybridized carbons (Fsp3) is 0.0455. The average molecular weight is 578 g/mol. The second-order valence-electron chi connectivity index (χ2n) is 7.76. The van der Waals surface area contributed by atoms with Crippen LogP contribution in [0.1, 0.15) is 38.8 Å². The third-order valence-corrected chi connectivity index (χ3v) is 7.11. The van der Waals surface area contributed by atoms with Gasteiger partial charge < -0.3 is 16.4 Å². The van der Waals surface area contributed by atoms with E-state index in [0.717, 1.165) is 24.3 Å². The average Bonchev–Trinajstić information content (AvgIpc) is 2.77. The number of nitrogen functional groups attached to an aromatic ring is 1. The maximum atomic E-state index is 13.5. The molecule has 1 aliphatic carbocycles. The van der Waals surface area contributed by atoms with Crippen molar-refractivity contribution in [3.05, 3.63) is 70.8 Å². The summed E-state index contributed by atoms with van der Waals surface area (Å²) in [6.45, 7) is 1.31. The molecular weight excluding hydrogens is 560 g/mol. The van der Waals surface area contributed by atoms with Crippen LogP contribution in [0.3, 0.4) is 0 Å². The molecule has 16 heteroatoms. The molecule has 0 aliphatic heterocycles. The fourth-order valence-corrected chi connectivity index (χ4v) is 5.24. The number of anilines is 4. The summed E-state index contributed by atoms with van der Waals surface area (Å²) >= 11 is 0. The normalized spacial score (nSPS) is 12.4. The molecule has 3 aromatic carbocycles. The van der Waals surface area contributed by atoms with Crippen molar-refractivity contribution >= 4 is 120 Å². The van der Waals surface area contributed by atoms with Crippen molar-refractivity contribution in [1.29, 1.82) is 0 Å². The van der Waals surface area contributed by atoms with E-state index in [1.165, 1.54) is 31.2 Å². The molecular formula is C22H17N3Na2O9S2. The summed E-state index contributed by atoms with van der Waals surface area (Å²) in [6, 6.07) is 9.94. The number of rotatable bonds is 5. The summed E-state index contributed by atoms with van der Waals surface area (Å²) in [7, 11) is -9.89. The number of ketones is 2. The molecule has 4 rings (SSSR count). The van der Waals surface area contributed by atoms with Crippen LogP contribution in [0.5, 0.6) is 0 Å².